The Morgan fingerprint density at radius 2 is 2.25 bits per heavy atom. The van der Waals surface area contributed by atoms with Crippen molar-refractivity contribution in [2.75, 3.05) is 0 Å². The number of hydrogen-bond donors (Lipinski definition) is 1. The largest absolute Gasteiger partial charge is 0.481 e. The molecule has 7 heteroatoms. The summed E-state index contributed by atoms with van der Waals surface area (Å²) in [5.74, 6) is -1.21. The topological polar surface area (TPSA) is 104 Å². The molecule has 0 radical (unpaired) electrons. The summed E-state index contributed by atoms with van der Waals surface area (Å²) in [7, 11) is 0. The number of nitro benzene ring substituents is 1. The Kier molecular flexibility index (Phi) is 3.43. The minimum atomic E-state index is -1.21. The third-order valence-corrected chi connectivity index (χ3v) is 2.16. The van der Waals surface area contributed by atoms with Crippen molar-refractivity contribution in [3.05, 3.63) is 38.4 Å². The van der Waals surface area contributed by atoms with Crippen molar-refractivity contribution in [1.29, 1.82) is 5.26 Å². The Bertz CT molecular complexity index is 507. The summed E-state index contributed by atoms with van der Waals surface area (Å²) in [6.45, 7) is 0. The maximum absolute atomic E-state index is 10.7. The fraction of sp³-hybridized carbons (Fsp3) is 0.111. The number of halogens is 1. The summed E-state index contributed by atoms with van der Waals surface area (Å²) in [6.07, 6.45) is -0.526. The highest BCUT2D eigenvalue weighted by atomic mass is 35.5. The fourth-order valence-corrected chi connectivity index (χ4v) is 1.42. The van der Waals surface area contributed by atoms with E-state index in [-0.39, 0.29) is 16.1 Å². The lowest BCUT2D eigenvalue weighted by Crippen LogP contribution is -2.05. The zero-order valence-corrected chi connectivity index (χ0v) is 8.56. The summed E-state index contributed by atoms with van der Waals surface area (Å²) < 4.78 is 0. The van der Waals surface area contributed by atoms with Gasteiger partial charge in [0, 0.05) is 5.56 Å². The van der Waals surface area contributed by atoms with Crippen LogP contribution in [0.3, 0.4) is 0 Å². The average Bonchev–Trinajstić information content (AvgIpc) is 2.18. The second kappa shape index (κ2) is 4.59. The van der Waals surface area contributed by atoms with Crippen LogP contribution >= 0.6 is 11.6 Å². The molecule has 0 heterocycles. The van der Waals surface area contributed by atoms with Crippen molar-refractivity contribution in [1.82, 2.24) is 0 Å². The molecular weight excluding hydrogens is 236 g/mol. The summed E-state index contributed by atoms with van der Waals surface area (Å²) in [6, 6.07) is 4.09. The molecule has 82 valence electrons. The van der Waals surface area contributed by atoms with E-state index in [1.165, 1.54) is 12.1 Å². The number of hydrogen-bond acceptors (Lipinski definition) is 4. The smallest absolute Gasteiger partial charge is 0.308 e. The summed E-state index contributed by atoms with van der Waals surface area (Å²) in [5, 5.41) is 28.0. The van der Waals surface area contributed by atoms with E-state index in [0.717, 1.165) is 0 Å². The van der Waals surface area contributed by atoms with E-state index in [9.17, 15) is 14.9 Å². The highest BCUT2D eigenvalue weighted by molar-refractivity contribution is 6.32. The van der Waals surface area contributed by atoms with Gasteiger partial charge in [0.2, 0.25) is 0 Å². The van der Waals surface area contributed by atoms with Crippen LogP contribution in [0.25, 0.3) is 0 Å². The number of nitrogens with zero attached hydrogens (tertiary/aromatic N) is 2. The molecule has 0 saturated heterocycles. The summed E-state index contributed by atoms with van der Waals surface area (Å²) in [4.78, 5) is 20.4. The molecule has 0 unspecified atom stereocenters. The van der Waals surface area contributed by atoms with Gasteiger partial charge >= 0.3 is 5.97 Å². The number of carboxylic acid groups (broad SMARTS) is 1. The summed E-state index contributed by atoms with van der Waals surface area (Å²) >= 11 is 5.61. The Balaban J connectivity index is 3.46. The van der Waals surface area contributed by atoms with Crippen molar-refractivity contribution < 1.29 is 14.8 Å². The van der Waals surface area contributed by atoms with Gasteiger partial charge in [-0.1, -0.05) is 17.7 Å². The SMILES string of the molecule is N#Cc1c(Cl)ccc(CC(=O)O)c1[N+](=O)[O-]. The van der Waals surface area contributed by atoms with Crippen molar-refractivity contribution in [3.8, 4) is 6.07 Å². The van der Waals surface area contributed by atoms with Gasteiger partial charge in [0.05, 0.1) is 16.4 Å². The van der Waals surface area contributed by atoms with Crippen LogP contribution in [0.2, 0.25) is 5.02 Å². The molecule has 0 spiro atoms. The van der Waals surface area contributed by atoms with Gasteiger partial charge in [0.25, 0.3) is 5.69 Å². The fourth-order valence-electron chi connectivity index (χ4n) is 1.23. The lowest BCUT2D eigenvalue weighted by atomic mass is 10.1. The van der Waals surface area contributed by atoms with Crippen LogP contribution in [0.5, 0.6) is 0 Å². The number of aliphatic carboxylic acids is 1. The van der Waals surface area contributed by atoms with Gasteiger partial charge < -0.3 is 5.11 Å². The van der Waals surface area contributed by atoms with Crippen LogP contribution in [-0.2, 0) is 11.2 Å². The molecule has 0 bridgehead atoms. The van der Waals surface area contributed by atoms with Gasteiger partial charge in [-0.2, -0.15) is 5.26 Å². The lowest BCUT2D eigenvalue weighted by Gasteiger charge is -2.02. The van der Waals surface area contributed by atoms with E-state index in [2.05, 4.69) is 0 Å². The zero-order chi connectivity index (χ0) is 12.3. The van der Waals surface area contributed by atoms with Gasteiger partial charge in [-0.15, -0.1) is 0 Å². The molecule has 0 aromatic heterocycles. The Morgan fingerprint density at radius 1 is 1.62 bits per heavy atom. The van der Waals surface area contributed by atoms with Crippen LogP contribution in [0, 0.1) is 21.4 Å². The number of carbonyl (C=O) groups is 1. The van der Waals surface area contributed by atoms with E-state index < -0.39 is 23.0 Å². The lowest BCUT2D eigenvalue weighted by molar-refractivity contribution is -0.385. The second-order valence-electron chi connectivity index (χ2n) is 2.87. The third-order valence-electron chi connectivity index (χ3n) is 1.85. The molecule has 1 rings (SSSR count). The molecule has 1 N–H and O–H groups in total. The molecule has 6 nitrogen and oxygen atoms in total. The quantitative estimate of drug-likeness (QED) is 0.640. The van der Waals surface area contributed by atoms with Gasteiger partial charge in [0.1, 0.15) is 11.6 Å². The van der Waals surface area contributed by atoms with E-state index in [4.69, 9.17) is 22.0 Å². The van der Waals surface area contributed by atoms with Gasteiger partial charge in [0.15, 0.2) is 0 Å². The maximum atomic E-state index is 10.7. The average molecular weight is 241 g/mol. The molecule has 0 saturated carbocycles. The molecule has 0 aliphatic rings. The van der Waals surface area contributed by atoms with Crippen LogP contribution in [0.1, 0.15) is 11.1 Å². The summed E-state index contributed by atoms with van der Waals surface area (Å²) in [5.41, 5.74) is -0.902. The minimum Gasteiger partial charge on any atom is -0.481 e. The Hall–Kier alpha value is -2.13. The number of nitriles is 1. The van der Waals surface area contributed by atoms with Gasteiger partial charge in [-0.25, -0.2) is 0 Å². The molecule has 1 aromatic rings. The number of benzene rings is 1. The third kappa shape index (κ3) is 2.27. The van der Waals surface area contributed by atoms with Crippen molar-refractivity contribution in [2.45, 2.75) is 6.42 Å². The van der Waals surface area contributed by atoms with Crippen LogP contribution in [0.15, 0.2) is 12.1 Å². The number of rotatable bonds is 3. The Labute approximate surface area is 94.8 Å². The highest BCUT2D eigenvalue weighted by Gasteiger charge is 2.23. The second-order valence-corrected chi connectivity index (χ2v) is 3.28. The van der Waals surface area contributed by atoms with E-state index >= 15 is 0 Å². The first-order chi connectivity index (χ1) is 7.47. The monoisotopic (exact) mass is 240 g/mol. The predicted octanol–water partition coefficient (Wildman–Crippen LogP) is 1.75. The van der Waals surface area contributed by atoms with Gasteiger partial charge in [-0.05, 0) is 6.07 Å². The molecule has 1 aromatic carbocycles. The van der Waals surface area contributed by atoms with Crippen molar-refractivity contribution >= 4 is 23.3 Å². The normalized spacial score (nSPS) is 9.50. The van der Waals surface area contributed by atoms with E-state index in [0.29, 0.717) is 0 Å². The van der Waals surface area contributed by atoms with Gasteiger partial charge in [-0.3, -0.25) is 14.9 Å². The zero-order valence-electron chi connectivity index (χ0n) is 7.81. The molecule has 0 fully saturated rings. The molecular formula is C9H5ClN2O4. The highest BCUT2D eigenvalue weighted by Crippen LogP contribution is 2.29. The first-order valence-electron chi connectivity index (χ1n) is 4.05. The maximum Gasteiger partial charge on any atom is 0.308 e. The Morgan fingerprint density at radius 3 is 2.69 bits per heavy atom. The van der Waals surface area contributed by atoms with Crippen LogP contribution in [0.4, 0.5) is 5.69 Å². The first-order valence-corrected chi connectivity index (χ1v) is 4.42. The standard InChI is InChI=1S/C9H5ClN2O4/c10-7-2-1-5(3-8(13)14)9(12(15)16)6(7)4-11/h1-2H,3H2,(H,13,14). The molecule has 16 heavy (non-hydrogen) atoms. The van der Waals surface area contributed by atoms with E-state index in [1.807, 2.05) is 0 Å². The number of nitro groups is 1. The van der Waals surface area contributed by atoms with Crippen LogP contribution in [-0.4, -0.2) is 16.0 Å². The molecule has 0 aliphatic heterocycles. The van der Waals surface area contributed by atoms with Crippen molar-refractivity contribution in [3.63, 3.8) is 0 Å². The first kappa shape index (κ1) is 11.9. The van der Waals surface area contributed by atoms with Crippen LogP contribution < -0.4 is 0 Å². The van der Waals surface area contributed by atoms with Crippen molar-refractivity contribution in [2.24, 2.45) is 0 Å². The molecule has 0 atom stereocenters. The number of carboxylic acids is 1. The molecule has 0 aliphatic carbocycles. The predicted molar refractivity (Wildman–Crippen MR) is 54.2 cm³/mol. The molecule has 0 amide bonds. The van der Waals surface area contributed by atoms with E-state index in [1.54, 1.807) is 6.07 Å². The minimum absolute atomic E-state index is 0.0431.